The van der Waals surface area contributed by atoms with Crippen molar-refractivity contribution >= 4 is 38.3 Å². The molecule has 2 unspecified atom stereocenters. The second-order valence-corrected chi connectivity index (χ2v) is 6.04. The number of benzene rings is 2. The van der Waals surface area contributed by atoms with E-state index in [0.29, 0.717) is 6.61 Å². The van der Waals surface area contributed by atoms with Crippen LogP contribution in [0.25, 0.3) is 10.8 Å². The molecule has 3 nitrogen and oxygen atoms in total. The summed E-state index contributed by atoms with van der Waals surface area (Å²) in [4.78, 5) is 12.3. The van der Waals surface area contributed by atoms with Crippen molar-refractivity contribution < 1.29 is 9.53 Å². The molecule has 1 saturated heterocycles. The van der Waals surface area contributed by atoms with E-state index in [-0.39, 0.29) is 17.9 Å². The minimum atomic E-state index is -0.336. The first-order valence-corrected chi connectivity index (χ1v) is 7.56. The van der Waals surface area contributed by atoms with E-state index in [2.05, 4.69) is 28.2 Å². The lowest BCUT2D eigenvalue weighted by Crippen LogP contribution is -2.31. The Balaban J connectivity index is 1.91. The normalized spacial score (nSPS) is 22.1. The number of hydrogen-bond acceptors (Lipinski definition) is 2. The molecule has 1 aliphatic heterocycles. The standard InChI is InChI=1S/C16H16BrNO2/c1-10-8-9-20-15(10)16(19)18-14-7-6-13(17)11-4-2-3-5-12(11)14/h2-7,10,15H,8-9H2,1H3,(H,18,19). The Bertz CT molecular complexity index is 656. The third-order valence-corrected chi connectivity index (χ3v) is 4.47. The molecule has 0 spiro atoms. The van der Waals surface area contributed by atoms with Crippen molar-refractivity contribution in [3.8, 4) is 0 Å². The van der Waals surface area contributed by atoms with Crippen molar-refractivity contribution in [3.05, 3.63) is 40.9 Å². The fraction of sp³-hybridized carbons (Fsp3) is 0.312. The van der Waals surface area contributed by atoms with Gasteiger partial charge in [-0.05, 0) is 29.9 Å². The molecule has 1 fully saturated rings. The summed E-state index contributed by atoms with van der Waals surface area (Å²) in [5.41, 5.74) is 0.830. The highest BCUT2D eigenvalue weighted by molar-refractivity contribution is 9.10. The molecule has 1 amide bonds. The van der Waals surface area contributed by atoms with E-state index in [1.807, 2.05) is 36.4 Å². The molecule has 20 heavy (non-hydrogen) atoms. The molecule has 0 aromatic heterocycles. The summed E-state index contributed by atoms with van der Waals surface area (Å²) in [7, 11) is 0. The third-order valence-electron chi connectivity index (χ3n) is 3.77. The average molecular weight is 334 g/mol. The first-order chi connectivity index (χ1) is 9.66. The second-order valence-electron chi connectivity index (χ2n) is 5.19. The number of anilines is 1. The lowest BCUT2D eigenvalue weighted by atomic mass is 10.0. The molecule has 0 aliphatic carbocycles. The van der Waals surface area contributed by atoms with Gasteiger partial charge in [-0.1, -0.05) is 47.1 Å². The van der Waals surface area contributed by atoms with Crippen molar-refractivity contribution in [2.45, 2.75) is 19.4 Å². The second kappa shape index (κ2) is 5.54. The van der Waals surface area contributed by atoms with Crippen molar-refractivity contribution in [1.29, 1.82) is 0 Å². The van der Waals surface area contributed by atoms with E-state index in [1.165, 1.54) is 0 Å². The highest BCUT2D eigenvalue weighted by Gasteiger charge is 2.31. The topological polar surface area (TPSA) is 38.3 Å². The fourth-order valence-corrected chi connectivity index (χ4v) is 3.08. The van der Waals surface area contributed by atoms with Gasteiger partial charge in [-0.3, -0.25) is 4.79 Å². The molecule has 2 atom stereocenters. The largest absolute Gasteiger partial charge is 0.368 e. The monoisotopic (exact) mass is 333 g/mol. The molecule has 1 heterocycles. The van der Waals surface area contributed by atoms with Gasteiger partial charge in [0.15, 0.2) is 0 Å². The number of ether oxygens (including phenoxy) is 1. The molecule has 1 aliphatic rings. The van der Waals surface area contributed by atoms with Crippen LogP contribution in [0.4, 0.5) is 5.69 Å². The Hall–Kier alpha value is -1.39. The van der Waals surface area contributed by atoms with Crippen molar-refractivity contribution in [2.24, 2.45) is 5.92 Å². The van der Waals surface area contributed by atoms with Gasteiger partial charge in [0, 0.05) is 22.2 Å². The summed E-state index contributed by atoms with van der Waals surface area (Å²) in [6.07, 6.45) is 0.608. The van der Waals surface area contributed by atoms with Crippen molar-refractivity contribution in [2.75, 3.05) is 11.9 Å². The lowest BCUT2D eigenvalue weighted by molar-refractivity contribution is -0.126. The van der Waals surface area contributed by atoms with Crippen LogP contribution in [0.2, 0.25) is 0 Å². The number of halogens is 1. The van der Waals surface area contributed by atoms with Crippen LogP contribution in [0, 0.1) is 5.92 Å². The summed E-state index contributed by atoms with van der Waals surface area (Å²) >= 11 is 3.54. The Morgan fingerprint density at radius 3 is 2.70 bits per heavy atom. The predicted octanol–water partition coefficient (Wildman–Crippen LogP) is 3.97. The SMILES string of the molecule is CC1CCOC1C(=O)Nc1ccc(Br)c2ccccc12. The first kappa shape index (κ1) is 13.6. The molecule has 2 aromatic carbocycles. The third kappa shape index (κ3) is 2.45. The van der Waals surface area contributed by atoms with E-state index in [1.54, 1.807) is 0 Å². The van der Waals surface area contributed by atoms with Crippen LogP contribution in [0.1, 0.15) is 13.3 Å². The molecule has 2 aromatic rings. The van der Waals surface area contributed by atoms with Crippen molar-refractivity contribution in [1.82, 2.24) is 0 Å². The Morgan fingerprint density at radius 2 is 2.00 bits per heavy atom. The van der Waals surface area contributed by atoms with Crippen LogP contribution >= 0.6 is 15.9 Å². The molecule has 0 radical (unpaired) electrons. The van der Waals surface area contributed by atoms with Gasteiger partial charge < -0.3 is 10.1 Å². The number of nitrogens with one attached hydrogen (secondary N) is 1. The zero-order valence-corrected chi connectivity index (χ0v) is 12.8. The van der Waals surface area contributed by atoms with Gasteiger partial charge in [0.25, 0.3) is 5.91 Å². The zero-order valence-electron chi connectivity index (χ0n) is 11.2. The van der Waals surface area contributed by atoms with Gasteiger partial charge in [0.1, 0.15) is 6.10 Å². The quantitative estimate of drug-likeness (QED) is 0.903. The van der Waals surface area contributed by atoms with E-state index >= 15 is 0 Å². The molecule has 0 saturated carbocycles. The van der Waals surface area contributed by atoms with E-state index in [4.69, 9.17) is 4.74 Å². The maximum absolute atomic E-state index is 12.3. The van der Waals surface area contributed by atoms with Crippen LogP contribution in [-0.2, 0) is 9.53 Å². The van der Waals surface area contributed by atoms with Crippen LogP contribution in [0.5, 0.6) is 0 Å². The number of amides is 1. The Kier molecular flexibility index (Phi) is 3.76. The van der Waals surface area contributed by atoms with Gasteiger partial charge in [-0.25, -0.2) is 0 Å². The summed E-state index contributed by atoms with van der Waals surface area (Å²) in [5.74, 6) is 0.221. The van der Waals surface area contributed by atoms with Crippen molar-refractivity contribution in [3.63, 3.8) is 0 Å². The van der Waals surface area contributed by atoms with Gasteiger partial charge >= 0.3 is 0 Å². The van der Waals surface area contributed by atoms with Crippen LogP contribution < -0.4 is 5.32 Å². The van der Waals surface area contributed by atoms with Gasteiger partial charge in [-0.15, -0.1) is 0 Å². The smallest absolute Gasteiger partial charge is 0.253 e. The minimum absolute atomic E-state index is 0.0533. The summed E-state index contributed by atoms with van der Waals surface area (Å²) in [5, 5.41) is 5.12. The average Bonchev–Trinajstić information content (AvgIpc) is 2.88. The number of carbonyl (C=O) groups excluding carboxylic acids is 1. The van der Waals surface area contributed by atoms with Crippen LogP contribution in [-0.4, -0.2) is 18.6 Å². The molecule has 0 bridgehead atoms. The van der Waals surface area contributed by atoms with Gasteiger partial charge in [0.2, 0.25) is 0 Å². The number of rotatable bonds is 2. The Labute approximate surface area is 126 Å². The van der Waals surface area contributed by atoms with E-state index in [9.17, 15) is 4.79 Å². The molecular weight excluding hydrogens is 318 g/mol. The predicted molar refractivity (Wildman–Crippen MR) is 83.8 cm³/mol. The molecule has 1 N–H and O–H groups in total. The summed E-state index contributed by atoms with van der Waals surface area (Å²) in [6, 6.07) is 11.9. The number of fused-ring (bicyclic) bond motifs is 1. The molecule has 4 heteroatoms. The lowest BCUT2D eigenvalue weighted by Gasteiger charge is -2.16. The van der Waals surface area contributed by atoms with Crippen LogP contribution in [0.15, 0.2) is 40.9 Å². The Morgan fingerprint density at radius 1 is 1.25 bits per heavy atom. The molecular formula is C16H16BrNO2. The first-order valence-electron chi connectivity index (χ1n) is 6.76. The maximum Gasteiger partial charge on any atom is 0.253 e. The van der Waals surface area contributed by atoms with Gasteiger partial charge in [-0.2, -0.15) is 0 Å². The maximum atomic E-state index is 12.3. The van der Waals surface area contributed by atoms with E-state index in [0.717, 1.165) is 27.4 Å². The summed E-state index contributed by atoms with van der Waals surface area (Å²) in [6.45, 7) is 2.72. The minimum Gasteiger partial charge on any atom is -0.368 e. The number of carbonyl (C=O) groups is 1. The highest BCUT2D eigenvalue weighted by Crippen LogP contribution is 2.30. The summed E-state index contributed by atoms with van der Waals surface area (Å²) < 4.78 is 6.54. The van der Waals surface area contributed by atoms with E-state index < -0.39 is 0 Å². The van der Waals surface area contributed by atoms with Gasteiger partial charge in [0.05, 0.1) is 0 Å². The fourth-order valence-electron chi connectivity index (χ4n) is 2.61. The number of hydrogen-bond donors (Lipinski definition) is 1. The highest BCUT2D eigenvalue weighted by atomic mass is 79.9. The zero-order chi connectivity index (χ0) is 14.1. The molecule has 3 rings (SSSR count). The molecule has 104 valence electrons. The van der Waals surface area contributed by atoms with Crippen LogP contribution in [0.3, 0.4) is 0 Å².